The summed E-state index contributed by atoms with van der Waals surface area (Å²) in [7, 11) is -7.57. The normalized spacial score (nSPS) is 16.8. The van der Waals surface area contributed by atoms with Gasteiger partial charge in [-0.3, -0.25) is 4.72 Å². The van der Waals surface area contributed by atoms with Crippen LogP contribution in [-0.2, 0) is 20.0 Å². The Morgan fingerprint density at radius 3 is 2.44 bits per heavy atom. The minimum absolute atomic E-state index is 0.0310. The number of rotatable bonds is 7. The van der Waals surface area contributed by atoms with Crippen molar-refractivity contribution in [2.75, 3.05) is 10.5 Å². The Labute approximate surface area is 191 Å². The molecule has 0 amide bonds. The van der Waals surface area contributed by atoms with E-state index in [-0.39, 0.29) is 17.1 Å². The van der Waals surface area contributed by atoms with Gasteiger partial charge in [-0.05, 0) is 49.4 Å². The molecule has 32 heavy (non-hydrogen) atoms. The molecule has 11 heteroatoms. The molecule has 168 valence electrons. The third kappa shape index (κ3) is 4.38. The van der Waals surface area contributed by atoms with Gasteiger partial charge < -0.3 is 4.42 Å². The van der Waals surface area contributed by atoms with Gasteiger partial charge in [0.25, 0.3) is 10.0 Å². The fraction of sp³-hybridized carbons (Fsp3) is 0.190. The number of nitrogens with zero attached hydrogens (tertiary/aromatic N) is 2. The number of para-hydroxylation sites is 1. The summed E-state index contributed by atoms with van der Waals surface area (Å²) in [6, 6.07) is 15.2. The van der Waals surface area contributed by atoms with E-state index < -0.39 is 26.1 Å². The van der Waals surface area contributed by atoms with Gasteiger partial charge in [-0.1, -0.05) is 29.8 Å². The highest BCUT2D eigenvalue weighted by Crippen LogP contribution is 2.38. The van der Waals surface area contributed by atoms with E-state index in [0.717, 1.165) is 4.41 Å². The molecule has 4 rings (SSSR count). The Bertz CT molecular complexity index is 1350. The maximum atomic E-state index is 13.4. The van der Waals surface area contributed by atoms with Gasteiger partial charge in [0.15, 0.2) is 0 Å². The summed E-state index contributed by atoms with van der Waals surface area (Å²) in [5.41, 5.74) is 1.24. The summed E-state index contributed by atoms with van der Waals surface area (Å²) >= 11 is 5.91. The number of benzene rings is 2. The van der Waals surface area contributed by atoms with Crippen LogP contribution in [0.3, 0.4) is 0 Å². The standard InChI is InChI=1S/C21H20ClN3O5S2/c1-2-31(26,27)24-18-7-4-3-6-17(18)19-14-20(21-8-5-13-30-21)25(23-19)32(28,29)16-11-9-15(22)10-12-16/h3-13,20,24H,2,14H2,1H3/t20-/m0/s1. The van der Waals surface area contributed by atoms with Crippen molar-refractivity contribution in [2.24, 2.45) is 5.10 Å². The molecule has 3 aromatic rings. The Hall–Kier alpha value is -2.82. The minimum Gasteiger partial charge on any atom is -0.467 e. The average Bonchev–Trinajstić information content (AvgIpc) is 3.44. The predicted octanol–water partition coefficient (Wildman–Crippen LogP) is 4.23. The van der Waals surface area contributed by atoms with Crippen LogP contribution in [0.1, 0.15) is 30.7 Å². The van der Waals surface area contributed by atoms with Crippen LogP contribution in [-0.4, -0.2) is 32.7 Å². The second-order valence-corrected chi connectivity index (χ2v) is 11.3. The van der Waals surface area contributed by atoms with Crippen molar-refractivity contribution < 1.29 is 21.3 Å². The maximum absolute atomic E-state index is 13.4. The lowest BCUT2D eigenvalue weighted by atomic mass is 10.0. The zero-order valence-corrected chi connectivity index (χ0v) is 19.4. The Morgan fingerprint density at radius 2 is 1.78 bits per heavy atom. The number of sulfonamides is 2. The molecule has 2 aromatic carbocycles. The molecule has 1 aliphatic rings. The summed E-state index contributed by atoms with van der Waals surface area (Å²) in [5, 5.41) is 4.83. The summed E-state index contributed by atoms with van der Waals surface area (Å²) in [6.45, 7) is 1.53. The van der Waals surface area contributed by atoms with Crippen LogP contribution in [0.5, 0.6) is 0 Å². The topological polar surface area (TPSA) is 109 Å². The van der Waals surface area contributed by atoms with Crippen molar-refractivity contribution in [3.63, 3.8) is 0 Å². The zero-order valence-electron chi connectivity index (χ0n) is 17.0. The van der Waals surface area contributed by atoms with Gasteiger partial charge in [0.05, 0.1) is 28.3 Å². The maximum Gasteiger partial charge on any atom is 0.279 e. The average molecular weight is 494 g/mol. The van der Waals surface area contributed by atoms with E-state index >= 15 is 0 Å². The molecule has 0 saturated heterocycles. The van der Waals surface area contributed by atoms with E-state index in [4.69, 9.17) is 16.0 Å². The Kier molecular flexibility index (Phi) is 6.02. The van der Waals surface area contributed by atoms with Gasteiger partial charge in [-0.15, -0.1) is 0 Å². The highest BCUT2D eigenvalue weighted by atomic mass is 35.5. The van der Waals surface area contributed by atoms with Crippen LogP contribution in [0.15, 0.2) is 81.3 Å². The Balaban J connectivity index is 1.80. The molecular weight excluding hydrogens is 474 g/mol. The van der Waals surface area contributed by atoms with E-state index in [0.29, 0.717) is 27.7 Å². The van der Waals surface area contributed by atoms with Crippen molar-refractivity contribution in [3.8, 4) is 0 Å². The molecule has 0 saturated carbocycles. The third-order valence-electron chi connectivity index (χ3n) is 4.99. The first-order chi connectivity index (χ1) is 15.2. The lowest BCUT2D eigenvalue weighted by Crippen LogP contribution is -2.27. The monoisotopic (exact) mass is 493 g/mol. The molecular formula is C21H20ClN3O5S2. The zero-order chi connectivity index (χ0) is 22.9. The number of hydrogen-bond donors (Lipinski definition) is 1. The molecule has 0 bridgehead atoms. The number of furan rings is 1. The second-order valence-electron chi connectivity index (χ2n) is 7.06. The second kappa shape index (κ2) is 8.61. The van der Waals surface area contributed by atoms with Gasteiger partial charge in [0.1, 0.15) is 11.8 Å². The van der Waals surface area contributed by atoms with Crippen molar-refractivity contribution in [2.45, 2.75) is 24.3 Å². The van der Waals surface area contributed by atoms with E-state index in [1.807, 2.05) is 0 Å². The van der Waals surface area contributed by atoms with Crippen molar-refractivity contribution in [3.05, 3.63) is 83.3 Å². The van der Waals surface area contributed by atoms with E-state index in [1.54, 1.807) is 36.4 Å². The smallest absolute Gasteiger partial charge is 0.279 e. The summed E-state index contributed by atoms with van der Waals surface area (Å²) in [4.78, 5) is 0.0310. The van der Waals surface area contributed by atoms with Crippen molar-refractivity contribution in [1.82, 2.24) is 4.41 Å². The largest absolute Gasteiger partial charge is 0.467 e. The molecule has 0 fully saturated rings. The first-order valence-electron chi connectivity index (χ1n) is 9.72. The fourth-order valence-electron chi connectivity index (χ4n) is 3.34. The van der Waals surface area contributed by atoms with Crippen molar-refractivity contribution in [1.29, 1.82) is 0 Å². The highest BCUT2D eigenvalue weighted by Gasteiger charge is 2.39. The van der Waals surface area contributed by atoms with Crippen LogP contribution in [0.2, 0.25) is 5.02 Å². The first-order valence-corrected chi connectivity index (χ1v) is 13.2. The van der Waals surface area contributed by atoms with E-state index in [2.05, 4.69) is 9.82 Å². The molecule has 1 N–H and O–H groups in total. The lowest BCUT2D eigenvalue weighted by Gasteiger charge is -2.21. The molecule has 1 atom stereocenters. The molecule has 0 spiro atoms. The molecule has 8 nitrogen and oxygen atoms in total. The lowest BCUT2D eigenvalue weighted by molar-refractivity contribution is 0.320. The van der Waals surface area contributed by atoms with Gasteiger partial charge >= 0.3 is 0 Å². The van der Waals surface area contributed by atoms with Crippen LogP contribution >= 0.6 is 11.6 Å². The highest BCUT2D eigenvalue weighted by molar-refractivity contribution is 7.92. The SMILES string of the molecule is CCS(=O)(=O)Nc1ccccc1C1=NN(S(=O)(=O)c2ccc(Cl)cc2)[C@H](c2ccco2)C1. The van der Waals surface area contributed by atoms with Gasteiger partial charge in [-0.25, -0.2) is 8.42 Å². The van der Waals surface area contributed by atoms with E-state index in [9.17, 15) is 16.8 Å². The molecule has 1 aliphatic heterocycles. The fourth-order valence-corrected chi connectivity index (χ4v) is 5.54. The number of hydrazone groups is 1. The van der Waals surface area contributed by atoms with Crippen LogP contribution in [0, 0.1) is 0 Å². The minimum atomic E-state index is -4.04. The molecule has 0 unspecified atom stereocenters. The third-order valence-corrected chi connectivity index (χ3v) is 8.22. The van der Waals surface area contributed by atoms with Gasteiger partial charge in [0, 0.05) is 17.0 Å². The number of nitrogens with one attached hydrogen (secondary N) is 1. The van der Waals surface area contributed by atoms with E-state index in [1.165, 1.54) is 37.5 Å². The number of halogens is 1. The quantitative estimate of drug-likeness (QED) is 0.529. The molecule has 2 heterocycles. The first kappa shape index (κ1) is 22.4. The summed E-state index contributed by atoms with van der Waals surface area (Å²) in [5.74, 6) is 0.327. The van der Waals surface area contributed by atoms with Crippen molar-refractivity contribution >= 4 is 43.0 Å². The van der Waals surface area contributed by atoms with Gasteiger partial charge in [0.2, 0.25) is 10.0 Å². The predicted molar refractivity (Wildman–Crippen MR) is 123 cm³/mol. The number of hydrogen-bond acceptors (Lipinski definition) is 6. The molecule has 0 aliphatic carbocycles. The number of anilines is 1. The molecule has 0 radical (unpaired) electrons. The summed E-state index contributed by atoms with van der Waals surface area (Å²) in [6.07, 6.45) is 1.66. The van der Waals surface area contributed by atoms with Crippen LogP contribution in [0.4, 0.5) is 5.69 Å². The summed E-state index contributed by atoms with van der Waals surface area (Å²) < 4.78 is 60.1. The van der Waals surface area contributed by atoms with Gasteiger partial charge in [-0.2, -0.15) is 17.9 Å². The van der Waals surface area contributed by atoms with Crippen LogP contribution < -0.4 is 4.72 Å². The Morgan fingerprint density at radius 1 is 1.06 bits per heavy atom. The molecule has 1 aromatic heterocycles. The van der Waals surface area contributed by atoms with Crippen LogP contribution in [0.25, 0.3) is 0 Å².